The summed E-state index contributed by atoms with van der Waals surface area (Å²) in [7, 11) is -3.41. The summed E-state index contributed by atoms with van der Waals surface area (Å²) in [4.78, 5) is 11.6. The predicted octanol–water partition coefficient (Wildman–Crippen LogP) is 1.82. The molecule has 0 unspecified atom stereocenters. The number of hydrogen-bond acceptors (Lipinski definition) is 6. The van der Waals surface area contributed by atoms with E-state index in [1.165, 1.54) is 49.8 Å². The van der Waals surface area contributed by atoms with Crippen molar-refractivity contribution in [3.63, 3.8) is 0 Å². The second-order valence-electron chi connectivity index (χ2n) is 6.99. The zero-order valence-corrected chi connectivity index (χ0v) is 18.1. The Kier molecular flexibility index (Phi) is 7.60. The van der Waals surface area contributed by atoms with Crippen LogP contribution in [-0.4, -0.2) is 65.2 Å². The van der Waals surface area contributed by atoms with Crippen molar-refractivity contribution in [2.45, 2.75) is 54.4 Å². The van der Waals surface area contributed by atoms with E-state index >= 15 is 0 Å². The summed E-state index contributed by atoms with van der Waals surface area (Å²) >= 11 is 0. The Balaban J connectivity index is 2.33. The van der Waals surface area contributed by atoms with Gasteiger partial charge in [-0.05, 0) is 37.1 Å². The van der Waals surface area contributed by atoms with Crippen LogP contribution in [0.4, 0.5) is 0 Å². The molecule has 1 aliphatic rings. The normalized spacial score (nSPS) is 16.5. The first-order chi connectivity index (χ1) is 13.1. The number of nitrogens with zero attached hydrogens (tertiary/aromatic N) is 2. The van der Waals surface area contributed by atoms with E-state index in [9.17, 15) is 21.6 Å². The smallest absolute Gasteiger partial charge is 0.306 e. The monoisotopic (exact) mass is 432 g/mol. The van der Waals surface area contributed by atoms with Gasteiger partial charge in [0.2, 0.25) is 20.0 Å². The van der Waals surface area contributed by atoms with Gasteiger partial charge in [0.15, 0.2) is 0 Å². The van der Waals surface area contributed by atoms with Gasteiger partial charge in [-0.1, -0.05) is 19.3 Å². The maximum atomic E-state index is 13.2. The molecule has 1 saturated carbocycles. The van der Waals surface area contributed by atoms with Crippen molar-refractivity contribution in [2.24, 2.45) is 0 Å². The minimum Gasteiger partial charge on any atom is -0.469 e. The fraction of sp³-hybridized carbons (Fsp3) is 0.611. The Labute approximate surface area is 167 Å². The molecule has 0 atom stereocenters. The standard InChI is InChI=1S/C18H28N2O6S2/c1-19(2)27(22,23)16-9-11-17(12-10-16)28(24,25)20(14-13-18(21)26-3)15-7-5-4-6-8-15/h9-12,15H,4-8,13-14H2,1-3H3. The van der Waals surface area contributed by atoms with Gasteiger partial charge in [0.05, 0.1) is 23.3 Å². The number of carbonyl (C=O) groups is 1. The number of esters is 1. The van der Waals surface area contributed by atoms with Crippen molar-refractivity contribution < 1.29 is 26.4 Å². The third kappa shape index (κ3) is 5.11. The van der Waals surface area contributed by atoms with Gasteiger partial charge >= 0.3 is 5.97 Å². The average molecular weight is 433 g/mol. The van der Waals surface area contributed by atoms with Gasteiger partial charge in [0.25, 0.3) is 0 Å². The molecule has 10 heteroatoms. The Morgan fingerprint density at radius 1 is 0.964 bits per heavy atom. The molecule has 0 N–H and O–H groups in total. The first kappa shape index (κ1) is 22.8. The fourth-order valence-electron chi connectivity index (χ4n) is 3.30. The highest BCUT2D eigenvalue weighted by molar-refractivity contribution is 7.89. The first-order valence-corrected chi connectivity index (χ1v) is 12.1. The third-order valence-corrected chi connectivity index (χ3v) is 8.75. The lowest BCUT2D eigenvalue weighted by atomic mass is 9.95. The topological polar surface area (TPSA) is 101 Å². The number of benzene rings is 1. The van der Waals surface area contributed by atoms with E-state index < -0.39 is 26.0 Å². The van der Waals surface area contributed by atoms with Crippen molar-refractivity contribution >= 4 is 26.0 Å². The summed E-state index contributed by atoms with van der Waals surface area (Å²) in [5.41, 5.74) is 0. The lowest BCUT2D eigenvalue weighted by molar-refractivity contribution is -0.140. The molecule has 0 bridgehead atoms. The number of ether oxygens (including phenoxy) is 1. The largest absolute Gasteiger partial charge is 0.469 e. The molecule has 28 heavy (non-hydrogen) atoms. The van der Waals surface area contributed by atoms with E-state index in [2.05, 4.69) is 4.74 Å². The Morgan fingerprint density at radius 3 is 1.93 bits per heavy atom. The second-order valence-corrected chi connectivity index (χ2v) is 11.0. The number of rotatable bonds is 8. The van der Waals surface area contributed by atoms with Crippen LogP contribution in [0.5, 0.6) is 0 Å². The molecule has 8 nitrogen and oxygen atoms in total. The molecule has 0 saturated heterocycles. The zero-order chi connectivity index (χ0) is 20.9. The minimum absolute atomic E-state index is 0.0145. The number of sulfonamides is 2. The Morgan fingerprint density at radius 2 is 1.46 bits per heavy atom. The van der Waals surface area contributed by atoms with Crippen LogP contribution in [0, 0.1) is 0 Å². The van der Waals surface area contributed by atoms with Crippen LogP contribution in [0.1, 0.15) is 38.5 Å². The van der Waals surface area contributed by atoms with Gasteiger partial charge in [-0.15, -0.1) is 0 Å². The third-order valence-electron chi connectivity index (χ3n) is 4.95. The van der Waals surface area contributed by atoms with Crippen molar-refractivity contribution in [2.75, 3.05) is 27.7 Å². The number of hydrogen-bond donors (Lipinski definition) is 0. The Bertz CT molecular complexity index is 873. The lowest BCUT2D eigenvalue weighted by Gasteiger charge is -2.33. The summed E-state index contributed by atoms with van der Waals surface area (Å²) in [5.74, 6) is -0.469. The number of methoxy groups -OCH3 is 1. The van der Waals surface area contributed by atoms with Crippen LogP contribution in [0.25, 0.3) is 0 Å². The van der Waals surface area contributed by atoms with Gasteiger partial charge < -0.3 is 4.74 Å². The van der Waals surface area contributed by atoms with E-state index in [4.69, 9.17) is 0 Å². The molecule has 2 rings (SSSR count). The van der Waals surface area contributed by atoms with Crippen LogP contribution in [0.2, 0.25) is 0 Å². The fourth-order valence-corrected chi connectivity index (χ4v) is 5.89. The molecule has 1 aromatic rings. The van der Waals surface area contributed by atoms with Gasteiger partial charge in [0.1, 0.15) is 0 Å². The first-order valence-electron chi connectivity index (χ1n) is 9.22. The predicted molar refractivity (Wildman–Crippen MR) is 105 cm³/mol. The quantitative estimate of drug-likeness (QED) is 0.581. The van der Waals surface area contributed by atoms with E-state index in [0.717, 1.165) is 36.4 Å². The summed E-state index contributed by atoms with van der Waals surface area (Å²) in [6.07, 6.45) is 4.41. The highest BCUT2D eigenvalue weighted by Crippen LogP contribution is 2.28. The maximum Gasteiger partial charge on any atom is 0.306 e. The molecular formula is C18H28N2O6S2. The van der Waals surface area contributed by atoms with E-state index in [-0.39, 0.29) is 28.8 Å². The van der Waals surface area contributed by atoms with Crippen LogP contribution in [0.3, 0.4) is 0 Å². The Hall–Kier alpha value is -1.49. The molecule has 0 aromatic heterocycles. The van der Waals surface area contributed by atoms with Crippen LogP contribution < -0.4 is 0 Å². The van der Waals surface area contributed by atoms with Gasteiger partial charge in [-0.2, -0.15) is 4.31 Å². The summed E-state index contributed by atoms with van der Waals surface area (Å²) in [6, 6.07) is 5.02. The van der Waals surface area contributed by atoms with E-state index in [0.29, 0.717) is 0 Å². The van der Waals surface area contributed by atoms with Gasteiger partial charge in [-0.3, -0.25) is 4.79 Å². The van der Waals surface area contributed by atoms with Crippen molar-refractivity contribution in [1.82, 2.24) is 8.61 Å². The molecule has 158 valence electrons. The molecule has 0 radical (unpaired) electrons. The molecule has 0 heterocycles. The molecule has 1 aliphatic carbocycles. The van der Waals surface area contributed by atoms with Crippen LogP contribution in [-0.2, 0) is 29.6 Å². The maximum absolute atomic E-state index is 13.2. The second kappa shape index (κ2) is 9.34. The SMILES string of the molecule is COC(=O)CCN(C1CCCCC1)S(=O)(=O)c1ccc(S(=O)(=O)N(C)C)cc1. The molecule has 0 amide bonds. The summed E-state index contributed by atoms with van der Waals surface area (Å²) in [5, 5.41) is 0. The lowest BCUT2D eigenvalue weighted by Crippen LogP contribution is -2.42. The highest BCUT2D eigenvalue weighted by Gasteiger charge is 2.33. The van der Waals surface area contributed by atoms with Crippen molar-refractivity contribution in [3.05, 3.63) is 24.3 Å². The minimum atomic E-state index is -3.87. The summed E-state index contributed by atoms with van der Waals surface area (Å²) in [6.45, 7) is 0.0391. The van der Waals surface area contributed by atoms with Crippen LogP contribution >= 0.6 is 0 Å². The van der Waals surface area contributed by atoms with Crippen LogP contribution in [0.15, 0.2) is 34.1 Å². The molecular weight excluding hydrogens is 404 g/mol. The molecule has 1 aromatic carbocycles. The number of carbonyl (C=O) groups excluding carboxylic acids is 1. The van der Waals surface area contributed by atoms with Gasteiger partial charge in [0, 0.05) is 26.7 Å². The average Bonchev–Trinajstić information content (AvgIpc) is 2.68. The molecule has 0 spiro atoms. The summed E-state index contributed by atoms with van der Waals surface area (Å²) < 4.78 is 58.0. The van der Waals surface area contributed by atoms with Crippen molar-refractivity contribution in [3.8, 4) is 0 Å². The van der Waals surface area contributed by atoms with E-state index in [1.54, 1.807) is 0 Å². The van der Waals surface area contributed by atoms with Crippen molar-refractivity contribution in [1.29, 1.82) is 0 Å². The highest BCUT2D eigenvalue weighted by atomic mass is 32.2. The zero-order valence-electron chi connectivity index (χ0n) is 16.5. The van der Waals surface area contributed by atoms with Gasteiger partial charge in [-0.25, -0.2) is 21.1 Å². The van der Waals surface area contributed by atoms with E-state index in [1.807, 2.05) is 0 Å². The molecule has 0 aliphatic heterocycles. The molecule has 1 fully saturated rings.